The fourth-order valence-electron chi connectivity index (χ4n) is 2.81. The molecule has 2 aromatic rings. The van der Waals surface area contributed by atoms with Crippen molar-refractivity contribution in [2.45, 2.75) is 31.5 Å². The first-order valence-electron chi connectivity index (χ1n) is 8.17. The molecule has 8 nitrogen and oxygen atoms in total. The van der Waals surface area contributed by atoms with Gasteiger partial charge in [-0.25, -0.2) is 9.18 Å². The summed E-state index contributed by atoms with van der Waals surface area (Å²) in [7, 11) is -1.64. The zero-order valence-electron chi connectivity index (χ0n) is 14.0. The van der Waals surface area contributed by atoms with Gasteiger partial charge in [0.2, 0.25) is 0 Å². The second-order valence-electron chi connectivity index (χ2n) is 6.04. The number of nitrogen functional groups attached to an aromatic ring is 1. The van der Waals surface area contributed by atoms with E-state index in [0.29, 0.717) is 12.4 Å². The van der Waals surface area contributed by atoms with Gasteiger partial charge in [-0.15, -0.1) is 0 Å². The molecule has 0 saturated carbocycles. The summed E-state index contributed by atoms with van der Waals surface area (Å²) in [6.45, 7) is 0.288. The first kappa shape index (κ1) is 18.6. The molecule has 0 bridgehead atoms. The number of anilines is 1. The first-order chi connectivity index (χ1) is 13.0. The molecule has 4 atom stereocenters. The SMILES string of the molecule is Nc1nc(=O)n(C2CC(F)C(COP3OCc4ccccc4O3)O2)cc1Cl. The number of aromatic nitrogens is 2. The molecule has 27 heavy (non-hydrogen) atoms. The van der Waals surface area contributed by atoms with Crippen LogP contribution in [-0.4, -0.2) is 28.4 Å². The van der Waals surface area contributed by atoms with Crippen molar-refractivity contribution in [2.75, 3.05) is 12.3 Å². The van der Waals surface area contributed by atoms with Crippen molar-refractivity contribution in [3.05, 3.63) is 51.5 Å². The maximum Gasteiger partial charge on any atom is 0.397 e. The van der Waals surface area contributed by atoms with Crippen LogP contribution in [0.1, 0.15) is 18.2 Å². The number of hydrogen-bond donors (Lipinski definition) is 1. The maximum atomic E-state index is 14.4. The van der Waals surface area contributed by atoms with Crippen molar-refractivity contribution in [3.8, 4) is 5.75 Å². The van der Waals surface area contributed by atoms with Gasteiger partial charge in [-0.1, -0.05) is 29.8 Å². The number of nitrogens with zero attached hydrogens (tertiary/aromatic N) is 2. The molecular weight excluding hydrogens is 400 g/mol. The van der Waals surface area contributed by atoms with Crippen LogP contribution < -0.4 is 15.9 Å². The van der Waals surface area contributed by atoms with Crippen LogP contribution in [0.3, 0.4) is 0 Å². The molecule has 2 aliphatic rings. The molecule has 2 N–H and O–H groups in total. The number of halogens is 2. The van der Waals surface area contributed by atoms with Gasteiger partial charge in [0, 0.05) is 18.2 Å². The highest BCUT2D eigenvalue weighted by atomic mass is 35.5. The highest BCUT2D eigenvalue weighted by molar-refractivity contribution is 7.42. The van der Waals surface area contributed by atoms with Crippen molar-refractivity contribution < 1.29 is 22.7 Å². The van der Waals surface area contributed by atoms with E-state index < -0.39 is 32.8 Å². The van der Waals surface area contributed by atoms with E-state index >= 15 is 0 Å². The number of ether oxygens (including phenoxy) is 1. The summed E-state index contributed by atoms with van der Waals surface area (Å²) in [6.07, 6.45) is -1.77. The molecular formula is C16H16ClFN3O5P. The predicted molar refractivity (Wildman–Crippen MR) is 96.1 cm³/mol. The quantitative estimate of drug-likeness (QED) is 0.766. The lowest BCUT2D eigenvalue weighted by Gasteiger charge is -2.25. The molecule has 2 aliphatic heterocycles. The van der Waals surface area contributed by atoms with Crippen LogP contribution in [-0.2, 0) is 20.4 Å². The Hall–Kier alpha value is -1.77. The Morgan fingerprint density at radius 3 is 3.11 bits per heavy atom. The second kappa shape index (κ2) is 7.69. The van der Waals surface area contributed by atoms with E-state index in [0.717, 1.165) is 10.1 Å². The van der Waals surface area contributed by atoms with E-state index in [4.69, 9.17) is 35.6 Å². The zero-order valence-corrected chi connectivity index (χ0v) is 15.6. The van der Waals surface area contributed by atoms with Crippen LogP contribution in [0.5, 0.6) is 5.75 Å². The third-order valence-electron chi connectivity index (χ3n) is 4.22. The van der Waals surface area contributed by atoms with Crippen molar-refractivity contribution in [3.63, 3.8) is 0 Å². The molecule has 1 aromatic heterocycles. The van der Waals surface area contributed by atoms with Crippen molar-refractivity contribution >= 4 is 26.0 Å². The second-order valence-corrected chi connectivity index (χ2v) is 7.59. The van der Waals surface area contributed by atoms with E-state index in [9.17, 15) is 9.18 Å². The van der Waals surface area contributed by atoms with Crippen LogP contribution in [0.25, 0.3) is 0 Å². The summed E-state index contributed by atoms with van der Waals surface area (Å²) in [4.78, 5) is 15.5. The molecule has 1 aromatic carbocycles. The largest absolute Gasteiger partial charge is 0.426 e. The molecule has 4 rings (SSSR count). The van der Waals surface area contributed by atoms with Gasteiger partial charge in [0.1, 0.15) is 30.1 Å². The summed E-state index contributed by atoms with van der Waals surface area (Å²) in [5.74, 6) is 0.605. The van der Waals surface area contributed by atoms with Crippen molar-refractivity contribution in [1.29, 1.82) is 0 Å². The topological polar surface area (TPSA) is 97.8 Å². The van der Waals surface area contributed by atoms with E-state index in [1.165, 1.54) is 6.20 Å². The number of fused-ring (bicyclic) bond motifs is 1. The number of hydrogen-bond acceptors (Lipinski definition) is 7. The number of nitrogens with two attached hydrogens (primary N) is 1. The molecule has 144 valence electrons. The zero-order chi connectivity index (χ0) is 19.0. The Morgan fingerprint density at radius 2 is 2.26 bits per heavy atom. The Kier molecular flexibility index (Phi) is 5.29. The normalized spacial score (nSPS) is 27.2. The lowest BCUT2D eigenvalue weighted by atomic mass is 10.2. The summed E-state index contributed by atoms with van der Waals surface area (Å²) in [5.41, 5.74) is 5.76. The average Bonchev–Trinajstić information content (AvgIpc) is 3.03. The van der Waals surface area contributed by atoms with E-state index in [-0.39, 0.29) is 23.9 Å². The van der Waals surface area contributed by atoms with Crippen LogP contribution >= 0.6 is 20.2 Å². The minimum absolute atomic E-state index is 0.0294. The smallest absolute Gasteiger partial charge is 0.397 e. The van der Waals surface area contributed by atoms with Gasteiger partial charge >= 0.3 is 14.3 Å². The Morgan fingerprint density at radius 1 is 1.44 bits per heavy atom. The number of benzene rings is 1. The molecule has 3 heterocycles. The monoisotopic (exact) mass is 415 g/mol. The fourth-order valence-corrected chi connectivity index (χ4v) is 3.99. The molecule has 0 amide bonds. The van der Waals surface area contributed by atoms with Gasteiger partial charge in [-0.3, -0.25) is 13.6 Å². The summed E-state index contributed by atoms with van der Waals surface area (Å²) in [5, 5.41) is 0.0967. The summed E-state index contributed by atoms with van der Waals surface area (Å²) in [6, 6.07) is 7.46. The van der Waals surface area contributed by atoms with E-state index in [1.54, 1.807) is 0 Å². The van der Waals surface area contributed by atoms with E-state index in [2.05, 4.69) is 4.98 Å². The minimum Gasteiger partial charge on any atom is -0.426 e. The number of para-hydroxylation sites is 1. The van der Waals surface area contributed by atoms with E-state index in [1.807, 2.05) is 24.3 Å². The average molecular weight is 416 g/mol. The van der Waals surface area contributed by atoms with Gasteiger partial charge in [0.05, 0.1) is 18.2 Å². The van der Waals surface area contributed by atoms with Gasteiger partial charge in [-0.2, -0.15) is 4.98 Å². The Labute approximate surface area is 159 Å². The predicted octanol–water partition coefficient (Wildman–Crippen LogP) is 2.96. The molecule has 1 saturated heterocycles. The minimum atomic E-state index is -1.64. The van der Waals surface area contributed by atoms with Gasteiger partial charge in [-0.05, 0) is 6.07 Å². The maximum absolute atomic E-state index is 14.4. The lowest BCUT2D eigenvalue weighted by molar-refractivity contribution is -0.0334. The van der Waals surface area contributed by atoms with Crippen molar-refractivity contribution in [1.82, 2.24) is 9.55 Å². The van der Waals surface area contributed by atoms with Crippen molar-refractivity contribution in [2.24, 2.45) is 0 Å². The Balaban J connectivity index is 1.37. The number of rotatable bonds is 4. The van der Waals surface area contributed by atoms with Crippen LogP contribution in [0.15, 0.2) is 35.3 Å². The van der Waals surface area contributed by atoms with Gasteiger partial charge in [0.25, 0.3) is 0 Å². The lowest BCUT2D eigenvalue weighted by Crippen LogP contribution is -2.28. The summed E-state index contributed by atoms with van der Waals surface area (Å²) >= 11 is 5.89. The highest BCUT2D eigenvalue weighted by Gasteiger charge is 2.38. The molecule has 0 aliphatic carbocycles. The van der Waals surface area contributed by atoms with Gasteiger partial charge < -0.3 is 15.0 Å². The fraction of sp³-hybridized carbons (Fsp3) is 0.375. The standard InChI is InChI=1S/C16H16ClFN3O5P/c17-10-6-21(16(22)20-15(10)19)14-5-11(18)13(25-14)8-24-27-23-7-9-3-1-2-4-12(9)26-27/h1-4,6,11,13-14H,5,7-8H2,(H2,19,20,22). The molecule has 0 radical (unpaired) electrons. The van der Waals surface area contributed by atoms with Crippen LogP contribution in [0.2, 0.25) is 5.02 Å². The Bertz CT molecular complexity index is 901. The first-order valence-corrected chi connectivity index (χ1v) is 9.64. The van der Waals surface area contributed by atoms with Crippen LogP contribution in [0.4, 0.5) is 10.2 Å². The highest BCUT2D eigenvalue weighted by Crippen LogP contribution is 2.47. The molecule has 4 unspecified atom stereocenters. The third kappa shape index (κ3) is 3.93. The summed E-state index contributed by atoms with van der Waals surface area (Å²) < 4.78 is 37.8. The molecule has 0 spiro atoms. The third-order valence-corrected chi connectivity index (χ3v) is 5.56. The van der Waals surface area contributed by atoms with Crippen LogP contribution in [0, 0.1) is 0 Å². The molecule has 1 fully saturated rings. The van der Waals surface area contributed by atoms with Gasteiger partial charge in [0.15, 0.2) is 0 Å². The molecule has 11 heteroatoms. The number of alkyl halides is 1.